The van der Waals surface area contributed by atoms with Crippen molar-refractivity contribution in [2.24, 2.45) is 5.73 Å². The number of hydrogen-bond acceptors (Lipinski definition) is 36. The molecule has 149 heavy (non-hydrogen) atoms. The minimum atomic E-state index is -1.63. The zero-order valence-electron chi connectivity index (χ0n) is 84.2. The molecule has 46 nitrogen and oxygen atoms in total. The van der Waals surface area contributed by atoms with Crippen LogP contribution in [0.3, 0.4) is 0 Å². The molecule has 0 fully saturated rings. The number of ether oxygens (including phenoxy) is 8. The third-order valence-electron chi connectivity index (χ3n) is 21.6. The molecule has 1 aliphatic carbocycles. The number of nitrogens with one attached hydrogen (secondary N) is 7. The van der Waals surface area contributed by atoms with Crippen molar-refractivity contribution in [3.8, 4) is 67.9 Å². The van der Waals surface area contributed by atoms with E-state index in [0.29, 0.717) is 11.1 Å². The van der Waals surface area contributed by atoms with Gasteiger partial charge in [0.25, 0.3) is 0 Å². The Morgan fingerprint density at radius 2 is 0.698 bits per heavy atom. The zero-order valence-corrected chi connectivity index (χ0v) is 84.2. The van der Waals surface area contributed by atoms with Gasteiger partial charge in [-0.3, -0.25) is 38.4 Å². The molecule has 0 saturated heterocycles. The van der Waals surface area contributed by atoms with Gasteiger partial charge in [0.05, 0.1) is 38.5 Å². The van der Waals surface area contributed by atoms with Gasteiger partial charge in [-0.2, -0.15) is 0 Å². The van der Waals surface area contributed by atoms with Crippen molar-refractivity contribution in [2.45, 2.75) is 239 Å². The third kappa shape index (κ3) is 40.8. The molecular weight excluding hydrogens is 1960 g/mol. The lowest BCUT2D eigenvalue weighted by Gasteiger charge is -2.22. The highest BCUT2D eigenvalue weighted by Crippen LogP contribution is 2.45. The van der Waals surface area contributed by atoms with Crippen molar-refractivity contribution < 1.29 is 173 Å². The third-order valence-corrected chi connectivity index (χ3v) is 21.6. The molecule has 0 unspecified atom stereocenters. The minimum absolute atomic E-state index is 0.0198. The van der Waals surface area contributed by atoms with E-state index in [2.05, 4.69) is 42.0 Å². The van der Waals surface area contributed by atoms with Crippen LogP contribution in [0.4, 0.5) is 19.2 Å². The van der Waals surface area contributed by atoms with E-state index in [1.807, 2.05) is 62.4 Å². The lowest BCUT2D eigenvalue weighted by Crippen LogP contribution is -2.52. The van der Waals surface area contributed by atoms with E-state index in [1.54, 1.807) is 20.8 Å². The SMILES string of the molecule is CC.COC(=O)[C@@H](CCC(C)=O)NC(=O)[C@@H](CCC(C)=O)NC(=O)OCC1c2ccccc2-c2ccccc21.COC(=O)[C@@H](CCC(C)=O)NC(=O)[C@@H](CCC(C)=O)NC(=O)Oc1cc(O)c2c(=O)c(-c3ccc(OC(=O)OC(C)(C)C)cc3)coc2c1.COC(=O)[C@@H](CCC(C)=O)NC(=O)[C@H](N)CCC(C)=O.O=C(O)CC[C@@H](NC(=O)[C@@H](CCC(=O)O)NC(=O)Oc1cc(O)c2c(=O)c(-c3ccc(O)cc3)coc2c1)C(=O)O. The van der Waals surface area contributed by atoms with Gasteiger partial charge in [0.15, 0.2) is 0 Å². The minimum Gasteiger partial charge on any atom is -0.508 e. The van der Waals surface area contributed by atoms with Gasteiger partial charge >= 0.3 is 60.3 Å². The monoisotopic (exact) mass is 2080 g/mol. The van der Waals surface area contributed by atoms with E-state index in [9.17, 15) is 126 Å². The first-order chi connectivity index (χ1) is 70.3. The molecule has 7 amide bonds. The highest BCUT2D eigenvalue weighted by molar-refractivity contribution is 5.96. The number of methoxy groups -OCH3 is 3. The number of carbonyl (C=O) groups is 20. The average Bonchev–Trinajstić information content (AvgIpc) is 1.73. The quantitative estimate of drug-likeness (QED) is 0.00958. The van der Waals surface area contributed by atoms with Crippen molar-refractivity contribution in [1.29, 1.82) is 0 Å². The first-order valence-corrected chi connectivity index (χ1v) is 46.6. The molecule has 2 heterocycles. The number of Topliss-reactive ketones (excluding diaryl/α,β-unsaturated/α-hetero) is 6. The van der Waals surface area contributed by atoms with Gasteiger partial charge in [-0.1, -0.05) is 86.6 Å². The lowest BCUT2D eigenvalue weighted by atomic mass is 9.98. The number of carboxylic acid groups (broad SMARTS) is 3. The number of rotatable bonds is 46. The van der Waals surface area contributed by atoms with Crippen molar-refractivity contribution >= 4 is 141 Å². The number of esters is 3. The number of fused-ring (bicyclic) bond motifs is 5. The standard InChI is InChI=1S/C34H38N2O13.C28H32N2O7.C26H24N2O13.C13H22N2O5.C2H6/c1-18(37)7-13-24(30(41)35-25(31(42)45-6)14-8-19(2)38)36-32(43)47-22-15-26(39)28-27(16-22)46-17-23(29(28)40)20-9-11-21(12-10-20)48-33(44)49-34(3,4)5;1-17(31)12-14-24(26(33)29-25(27(34)36-3)15-13-18(2)32)30-28(35)37-16-23-21-10-6-4-8-19(21)20-9-5-7-11-22(20)23;29-13-3-1-12(2-4-13)15-11-40-19-10-14(9-18(30)22(19)23(15)35)41-26(39)28-16(5-7-20(31)32)24(36)27-17(25(37)38)6-8-21(33)34;1-8(16)4-6-10(14)12(18)15-11(13(19)20-3)7-5-9(2)17;1-2/h9-12,15-17,24-25,39H,7-8,13-14H2,1-6H3,(H,35,41)(H,36,43);4-11,23-25H,12-16H2,1-3H3,(H,29,33)(H,30,35);1-4,9-11,16-17,29-30H,5-8H2,(H,27,36)(H,28,39)(H,31,32)(H,33,34)(H,37,38);10-11H,4-7,14H2,1-3H3,(H,15,18);1-2H3/t2*24-,25-;16-,17-;10-,11-;/m1111./s1. The summed E-state index contributed by atoms with van der Waals surface area (Å²) in [6.07, 6.45) is -3.45. The molecule has 46 heteroatoms. The maximum absolute atomic E-state index is 13.3. The number of phenols is 3. The molecule has 9 rings (SSSR count). The molecule has 8 atom stereocenters. The smallest absolute Gasteiger partial charge is 0.508 e. The van der Waals surface area contributed by atoms with Crippen LogP contribution in [0.25, 0.3) is 55.3 Å². The Balaban J connectivity index is 0.000000360. The Bertz CT molecular complexity index is 6260. The fourth-order valence-electron chi connectivity index (χ4n) is 14.1. The second-order valence-corrected chi connectivity index (χ2v) is 34.5. The Labute approximate surface area is 852 Å². The Kier molecular flexibility index (Phi) is 49.3. The summed E-state index contributed by atoms with van der Waals surface area (Å²) < 4.78 is 51.1. The number of benzene rings is 6. The fourth-order valence-corrected chi connectivity index (χ4v) is 14.1. The molecule has 8 aromatic rings. The average molecular weight is 2080 g/mol. The Morgan fingerprint density at radius 1 is 0.376 bits per heavy atom. The second kappa shape index (κ2) is 60.0. The molecule has 2 aromatic heterocycles. The number of aliphatic carboxylic acids is 3. The van der Waals surface area contributed by atoms with Crippen molar-refractivity contribution in [3.05, 3.63) is 165 Å². The van der Waals surface area contributed by atoms with Crippen LogP contribution in [0.2, 0.25) is 0 Å². The summed E-state index contributed by atoms with van der Waals surface area (Å²) in [5.41, 5.74) is 8.58. The summed E-state index contributed by atoms with van der Waals surface area (Å²) in [6, 6.07) is 21.9. The van der Waals surface area contributed by atoms with E-state index < -0.39 is 186 Å². The van der Waals surface area contributed by atoms with Crippen molar-refractivity contribution in [1.82, 2.24) is 37.2 Å². The van der Waals surface area contributed by atoms with Crippen LogP contribution in [0.1, 0.15) is 196 Å². The van der Waals surface area contributed by atoms with Crippen LogP contribution in [0.5, 0.6) is 34.5 Å². The van der Waals surface area contributed by atoms with E-state index in [1.165, 1.54) is 110 Å². The molecule has 0 aliphatic heterocycles. The Hall–Kier alpha value is -17.1. The summed E-state index contributed by atoms with van der Waals surface area (Å²) >= 11 is 0. The van der Waals surface area contributed by atoms with Gasteiger partial charge in [0, 0.05) is 81.5 Å². The first kappa shape index (κ1) is 122. The summed E-state index contributed by atoms with van der Waals surface area (Å²) in [6.45, 7) is 17.3. The number of aromatic hydroxyl groups is 3. The number of carbonyl (C=O) groups excluding carboxylic acids is 17. The second-order valence-electron chi connectivity index (χ2n) is 34.5. The number of nitrogens with two attached hydrogens (primary N) is 1. The summed E-state index contributed by atoms with van der Waals surface area (Å²) in [7, 11) is 3.49. The van der Waals surface area contributed by atoms with Crippen LogP contribution in [-0.2, 0) is 100 Å². The van der Waals surface area contributed by atoms with Crippen molar-refractivity contribution in [2.75, 3.05) is 27.9 Å². The number of carboxylic acids is 3. The van der Waals surface area contributed by atoms with E-state index in [0.717, 1.165) is 60.1 Å². The summed E-state index contributed by atoms with van der Waals surface area (Å²) in [5, 5.41) is 73.6. The number of phenolic OH excluding ortho intramolecular Hbond substituents is 3. The van der Waals surface area contributed by atoms with Crippen LogP contribution < -0.4 is 68.0 Å². The van der Waals surface area contributed by atoms with Crippen LogP contribution in [0, 0.1) is 0 Å². The maximum atomic E-state index is 13.3. The molecular formula is C103H122N8O38. The molecule has 0 saturated carbocycles. The topological polar surface area (TPSA) is 707 Å². The molecule has 1 aliphatic rings. The molecule has 802 valence electrons. The summed E-state index contributed by atoms with van der Waals surface area (Å²) in [4.78, 5) is 263. The molecule has 0 spiro atoms. The van der Waals surface area contributed by atoms with Gasteiger partial charge < -0.3 is 149 Å². The number of hydrogen-bond donors (Lipinski definition) is 14. The largest absolute Gasteiger partial charge is 0.514 e. The maximum Gasteiger partial charge on any atom is 0.514 e. The highest BCUT2D eigenvalue weighted by atomic mass is 16.7. The van der Waals surface area contributed by atoms with E-state index in [4.69, 9.17) is 57.9 Å². The van der Waals surface area contributed by atoms with Crippen LogP contribution in [-0.4, -0.2) is 231 Å². The lowest BCUT2D eigenvalue weighted by molar-refractivity contribution is -0.146. The molecule has 0 bridgehead atoms. The number of ketones is 6. The van der Waals surface area contributed by atoms with Gasteiger partial charge in [0.1, 0.15) is 158 Å². The first-order valence-electron chi connectivity index (χ1n) is 46.6. The van der Waals surface area contributed by atoms with E-state index in [-0.39, 0.29) is 180 Å². The number of amides is 7. The van der Waals surface area contributed by atoms with E-state index >= 15 is 0 Å². The van der Waals surface area contributed by atoms with Crippen LogP contribution in [0.15, 0.2) is 152 Å². The predicted octanol–water partition coefficient (Wildman–Crippen LogP) is 9.99. The van der Waals surface area contributed by atoms with Gasteiger partial charge in [-0.05, 0) is 171 Å². The Morgan fingerprint density at radius 3 is 1.05 bits per heavy atom. The highest BCUT2D eigenvalue weighted by Gasteiger charge is 2.36. The predicted molar refractivity (Wildman–Crippen MR) is 530 cm³/mol. The number of alkyl carbamates (subject to hydrolysis) is 1. The van der Waals surface area contributed by atoms with Gasteiger partial charge in [-0.15, -0.1) is 0 Å². The fraction of sp³-hybridized carbons (Fsp3) is 0.398. The van der Waals surface area contributed by atoms with Gasteiger partial charge in [-0.25, -0.2) is 38.4 Å². The molecule has 15 N–H and O–H groups in total. The molecule has 0 radical (unpaired) electrons. The van der Waals surface area contributed by atoms with Gasteiger partial charge in [0.2, 0.25) is 34.5 Å². The van der Waals surface area contributed by atoms with Crippen molar-refractivity contribution in [3.63, 3.8) is 0 Å². The summed E-state index contributed by atoms with van der Waals surface area (Å²) in [5.74, 6) is -12.1. The normalized spacial score (nSPS) is 12.6. The molecule has 6 aromatic carbocycles. The van der Waals surface area contributed by atoms with Crippen LogP contribution >= 0.6 is 0 Å². The zero-order chi connectivity index (χ0) is 111.